The summed E-state index contributed by atoms with van der Waals surface area (Å²) in [5.41, 5.74) is 7.14. The number of carbonyl (C=O) groups excluding carboxylic acids is 2. The van der Waals surface area contributed by atoms with E-state index in [0.29, 0.717) is 23.1 Å². The number of nitrogens with zero attached hydrogens (tertiary/aromatic N) is 1. The van der Waals surface area contributed by atoms with Crippen molar-refractivity contribution in [1.82, 2.24) is 10.2 Å². The number of primary amides is 1. The molecule has 4 rings (SSSR count). The lowest BCUT2D eigenvalue weighted by Gasteiger charge is -2.44. The summed E-state index contributed by atoms with van der Waals surface area (Å²) in [6.45, 7) is 4.43. The molecule has 0 bridgehead atoms. The lowest BCUT2D eigenvalue weighted by molar-refractivity contribution is -0.120. The smallest absolute Gasteiger partial charge is 0.252 e. The third-order valence-corrected chi connectivity index (χ3v) is 8.83. The summed E-state index contributed by atoms with van der Waals surface area (Å²) in [6, 6.07) is 17.1. The van der Waals surface area contributed by atoms with E-state index in [1.165, 1.54) is 6.07 Å². The van der Waals surface area contributed by atoms with Crippen molar-refractivity contribution in [2.24, 2.45) is 17.6 Å². The molecule has 1 atom stereocenters. The number of rotatable bonds is 11. The van der Waals surface area contributed by atoms with Crippen LogP contribution >= 0.6 is 23.2 Å². The van der Waals surface area contributed by atoms with Crippen LogP contribution in [0.5, 0.6) is 0 Å². The van der Waals surface area contributed by atoms with Crippen LogP contribution in [0.15, 0.2) is 66.7 Å². The van der Waals surface area contributed by atoms with E-state index in [0.717, 1.165) is 23.3 Å². The van der Waals surface area contributed by atoms with Gasteiger partial charge in [-0.3, -0.25) is 19.2 Å². The van der Waals surface area contributed by atoms with Crippen LogP contribution in [0.3, 0.4) is 0 Å². The predicted molar refractivity (Wildman–Crippen MR) is 159 cm³/mol. The van der Waals surface area contributed by atoms with Crippen LogP contribution in [0.2, 0.25) is 10.0 Å². The van der Waals surface area contributed by atoms with E-state index < -0.39 is 33.7 Å². The van der Waals surface area contributed by atoms with Gasteiger partial charge in [-0.15, -0.1) is 0 Å². The van der Waals surface area contributed by atoms with Crippen molar-refractivity contribution in [3.8, 4) is 0 Å². The Hall–Kier alpha value is -3.18. The summed E-state index contributed by atoms with van der Waals surface area (Å²) in [5.74, 6) is -2.93. The summed E-state index contributed by atoms with van der Waals surface area (Å²) in [7, 11) is -3.88. The number of hydrogen-bond acceptors (Lipinski definition) is 5. The number of hydrogen-bond donors (Lipinski definition) is 3. The van der Waals surface area contributed by atoms with Gasteiger partial charge in [-0.25, -0.2) is 12.8 Å². The van der Waals surface area contributed by atoms with Crippen molar-refractivity contribution < 1.29 is 22.4 Å². The monoisotopic (exact) mass is 620 g/mol. The maximum absolute atomic E-state index is 14.3. The van der Waals surface area contributed by atoms with Gasteiger partial charge in [0.1, 0.15) is 11.9 Å². The van der Waals surface area contributed by atoms with Crippen molar-refractivity contribution in [3.63, 3.8) is 0 Å². The second kappa shape index (κ2) is 12.8. The molecular formula is C29H31Cl2FN4O4S. The van der Waals surface area contributed by atoms with Crippen molar-refractivity contribution in [2.75, 3.05) is 23.6 Å². The van der Waals surface area contributed by atoms with Gasteiger partial charge in [0.05, 0.1) is 17.5 Å². The summed E-state index contributed by atoms with van der Waals surface area (Å²) >= 11 is 12.2. The zero-order valence-electron chi connectivity index (χ0n) is 22.5. The van der Waals surface area contributed by atoms with E-state index in [4.69, 9.17) is 28.9 Å². The van der Waals surface area contributed by atoms with Gasteiger partial charge in [-0.2, -0.15) is 0 Å². The zero-order chi connectivity index (χ0) is 29.9. The molecule has 0 spiro atoms. The van der Waals surface area contributed by atoms with E-state index >= 15 is 0 Å². The molecule has 0 saturated carbocycles. The SMILES string of the molecule is CC(C)[C@H](NC(=O)c1cc(F)cc(NS(=O)(=O)CC2CN(C(c3ccc(Cl)cc3)c3ccc(Cl)cc3)C2)c1)C(N)=O. The molecule has 2 amide bonds. The van der Waals surface area contributed by atoms with Crippen molar-refractivity contribution in [2.45, 2.75) is 25.9 Å². The lowest BCUT2D eigenvalue weighted by Crippen LogP contribution is -2.51. The molecule has 1 heterocycles. The Balaban J connectivity index is 1.43. The molecule has 3 aromatic carbocycles. The molecule has 1 fully saturated rings. The van der Waals surface area contributed by atoms with Crippen LogP contribution in [0.1, 0.15) is 41.4 Å². The van der Waals surface area contributed by atoms with Crippen LogP contribution in [0.4, 0.5) is 10.1 Å². The van der Waals surface area contributed by atoms with Gasteiger partial charge >= 0.3 is 0 Å². The maximum Gasteiger partial charge on any atom is 0.252 e. The third kappa shape index (κ3) is 7.97. The second-order valence-electron chi connectivity index (χ2n) is 10.5. The van der Waals surface area contributed by atoms with Gasteiger partial charge in [0.25, 0.3) is 5.91 Å². The molecule has 41 heavy (non-hydrogen) atoms. The number of benzene rings is 3. The van der Waals surface area contributed by atoms with Gasteiger partial charge in [0, 0.05) is 34.6 Å². The average Bonchev–Trinajstić information content (AvgIpc) is 2.86. The highest BCUT2D eigenvalue weighted by molar-refractivity contribution is 7.92. The summed E-state index contributed by atoms with van der Waals surface area (Å²) in [6.07, 6.45) is 0. The first-order valence-electron chi connectivity index (χ1n) is 13.0. The molecule has 218 valence electrons. The molecule has 12 heteroatoms. The average molecular weight is 622 g/mol. The number of halogens is 3. The topological polar surface area (TPSA) is 122 Å². The fourth-order valence-corrected chi connectivity index (χ4v) is 6.58. The number of amides is 2. The first-order chi connectivity index (χ1) is 19.3. The fourth-order valence-electron chi connectivity index (χ4n) is 4.93. The number of anilines is 1. The van der Waals surface area contributed by atoms with E-state index in [9.17, 15) is 22.4 Å². The molecule has 8 nitrogen and oxygen atoms in total. The summed E-state index contributed by atoms with van der Waals surface area (Å²) in [5, 5.41) is 3.71. The Bertz CT molecular complexity index is 1470. The molecule has 1 aliphatic heterocycles. The standard InChI is InChI=1S/C29H31Cl2FN4O4S/c1-17(2)26(28(33)37)34-29(38)21-11-24(32)13-25(12-21)35-41(39,40)16-18-14-36(15-18)27(19-3-7-22(30)8-4-19)20-5-9-23(31)10-6-20/h3-13,17-18,26-27,35H,14-16H2,1-2H3,(H2,33,37)(H,34,38)/t26-/m0/s1. The molecule has 4 N–H and O–H groups in total. The Kier molecular flexibility index (Phi) is 9.59. The zero-order valence-corrected chi connectivity index (χ0v) is 24.8. The Morgan fingerprint density at radius 2 is 1.51 bits per heavy atom. The number of likely N-dealkylation sites (tertiary alicyclic amines) is 1. The molecule has 1 saturated heterocycles. The Labute approximate surface area is 249 Å². The predicted octanol–water partition coefficient (Wildman–Crippen LogP) is 4.84. The van der Waals surface area contributed by atoms with Gasteiger partial charge in [-0.05, 0) is 59.5 Å². The van der Waals surface area contributed by atoms with Crippen LogP contribution in [-0.4, -0.2) is 50.0 Å². The van der Waals surface area contributed by atoms with Gasteiger partial charge in [0.2, 0.25) is 15.9 Å². The highest BCUT2D eigenvalue weighted by atomic mass is 35.5. The number of nitrogens with two attached hydrogens (primary N) is 1. The highest BCUT2D eigenvalue weighted by Crippen LogP contribution is 2.36. The van der Waals surface area contributed by atoms with E-state index in [2.05, 4.69) is 14.9 Å². The largest absolute Gasteiger partial charge is 0.368 e. The molecule has 0 radical (unpaired) electrons. The second-order valence-corrected chi connectivity index (χ2v) is 13.2. The first-order valence-corrected chi connectivity index (χ1v) is 15.4. The van der Waals surface area contributed by atoms with Crippen LogP contribution in [-0.2, 0) is 14.8 Å². The molecule has 0 aliphatic carbocycles. The molecule has 3 aromatic rings. The maximum atomic E-state index is 14.3. The van der Waals surface area contributed by atoms with Crippen LogP contribution in [0.25, 0.3) is 0 Å². The van der Waals surface area contributed by atoms with Crippen LogP contribution in [0, 0.1) is 17.7 Å². The van der Waals surface area contributed by atoms with E-state index in [-0.39, 0.29) is 34.9 Å². The minimum absolute atomic E-state index is 0.0910. The third-order valence-electron chi connectivity index (χ3n) is 6.87. The quantitative estimate of drug-likeness (QED) is 0.283. The summed E-state index contributed by atoms with van der Waals surface area (Å²) in [4.78, 5) is 26.5. The highest BCUT2D eigenvalue weighted by Gasteiger charge is 2.36. The van der Waals surface area contributed by atoms with Crippen LogP contribution < -0.4 is 15.8 Å². The van der Waals surface area contributed by atoms with Crippen molar-refractivity contribution >= 4 is 50.7 Å². The lowest BCUT2D eigenvalue weighted by atomic mass is 9.91. The van der Waals surface area contributed by atoms with Crippen molar-refractivity contribution in [3.05, 3.63) is 99.3 Å². The molecule has 0 aromatic heterocycles. The minimum Gasteiger partial charge on any atom is -0.368 e. The van der Waals surface area contributed by atoms with Crippen molar-refractivity contribution in [1.29, 1.82) is 0 Å². The number of sulfonamides is 1. The molecule has 0 unspecified atom stereocenters. The number of carbonyl (C=O) groups is 2. The van der Waals surface area contributed by atoms with Gasteiger partial charge < -0.3 is 11.1 Å². The van der Waals surface area contributed by atoms with Gasteiger partial charge in [-0.1, -0.05) is 61.3 Å². The normalized spacial score (nSPS) is 15.0. The van der Waals surface area contributed by atoms with E-state index in [1.54, 1.807) is 13.8 Å². The fraction of sp³-hybridized carbons (Fsp3) is 0.310. The van der Waals surface area contributed by atoms with Gasteiger partial charge in [0.15, 0.2) is 0 Å². The Morgan fingerprint density at radius 1 is 0.976 bits per heavy atom. The first kappa shape index (κ1) is 30.8. The Morgan fingerprint density at radius 3 is 2.00 bits per heavy atom. The molecular weight excluding hydrogens is 590 g/mol. The molecule has 1 aliphatic rings. The summed E-state index contributed by atoms with van der Waals surface area (Å²) < 4.78 is 42.7. The van der Waals surface area contributed by atoms with E-state index in [1.807, 2.05) is 48.5 Å². The minimum atomic E-state index is -3.88. The number of nitrogens with one attached hydrogen (secondary N) is 2.